The van der Waals surface area contributed by atoms with Crippen molar-refractivity contribution in [1.82, 2.24) is 0 Å². The summed E-state index contributed by atoms with van der Waals surface area (Å²) in [5.74, 6) is -1.42. The topological polar surface area (TPSA) is 123 Å². The molecule has 0 amide bonds. The molecule has 1 aromatic carbocycles. The largest absolute Gasteiger partial charge is 0.508 e. The number of phenolic OH excluding ortho intramolecular Hbond substituents is 1. The van der Waals surface area contributed by atoms with Crippen LogP contribution < -0.4 is 0 Å². The summed E-state index contributed by atoms with van der Waals surface area (Å²) in [6.45, 7) is 2.63. The highest BCUT2D eigenvalue weighted by atomic mass is 16.7. The molecule has 8 heteroatoms. The lowest BCUT2D eigenvalue weighted by Crippen LogP contribution is -2.59. The third-order valence-corrected chi connectivity index (χ3v) is 3.64. The molecule has 0 spiro atoms. The molecule has 0 radical (unpaired) electrons. The Hall–Kier alpha value is -2.42. The highest BCUT2D eigenvalue weighted by molar-refractivity contribution is 5.87. The lowest BCUT2D eigenvalue weighted by molar-refractivity contribution is -0.284. The molecular weight excluding hydrogens is 332 g/mol. The summed E-state index contributed by atoms with van der Waals surface area (Å²) in [5, 5.41) is 29.2. The average molecular weight is 352 g/mol. The van der Waals surface area contributed by atoms with Gasteiger partial charge in [0.15, 0.2) is 18.5 Å². The van der Waals surface area contributed by atoms with Gasteiger partial charge in [0.05, 0.1) is 6.10 Å². The molecular formula is C17H20O8. The van der Waals surface area contributed by atoms with Crippen LogP contribution in [0.4, 0.5) is 0 Å². The quantitative estimate of drug-likeness (QED) is 0.524. The van der Waals surface area contributed by atoms with Gasteiger partial charge in [0.2, 0.25) is 0 Å². The van der Waals surface area contributed by atoms with E-state index in [1.807, 2.05) is 0 Å². The van der Waals surface area contributed by atoms with Gasteiger partial charge in [0.25, 0.3) is 0 Å². The number of hydrogen-bond acceptors (Lipinski definition) is 8. The molecule has 0 saturated carbocycles. The Kier molecular flexibility index (Phi) is 6.13. The molecule has 136 valence electrons. The van der Waals surface area contributed by atoms with Crippen molar-refractivity contribution in [3.8, 4) is 5.75 Å². The predicted octanol–water partition coefficient (Wildman–Crippen LogP) is 0.347. The van der Waals surface area contributed by atoms with Gasteiger partial charge in [0.1, 0.15) is 11.9 Å². The van der Waals surface area contributed by atoms with Crippen molar-refractivity contribution in [1.29, 1.82) is 0 Å². The van der Waals surface area contributed by atoms with Crippen LogP contribution in [0.15, 0.2) is 30.3 Å². The normalized spacial score (nSPS) is 29.4. The van der Waals surface area contributed by atoms with Crippen molar-refractivity contribution in [3.63, 3.8) is 0 Å². The smallest absolute Gasteiger partial charge is 0.331 e. The van der Waals surface area contributed by atoms with Gasteiger partial charge < -0.3 is 29.5 Å². The zero-order valence-corrected chi connectivity index (χ0v) is 13.7. The molecule has 1 saturated heterocycles. The van der Waals surface area contributed by atoms with Gasteiger partial charge in [-0.1, -0.05) is 12.1 Å². The van der Waals surface area contributed by atoms with E-state index in [2.05, 4.69) is 0 Å². The first kappa shape index (κ1) is 18.9. The number of carbonyl (C=O) groups is 2. The van der Waals surface area contributed by atoms with E-state index in [1.165, 1.54) is 25.1 Å². The summed E-state index contributed by atoms with van der Waals surface area (Å²) in [7, 11) is 0. The van der Waals surface area contributed by atoms with Gasteiger partial charge in [-0.15, -0.1) is 0 Å². The van der Waals surface area contributed by atoms with Gasteiger partial charge in [-0.25, -0.2) is 4.79 Å². The van der Waals surface area contributed by atoms with E-state index in [-0.39, 0.29) is 5.75 Å². The summed E-state index contributed by atoms with van der Waals surface area (Å²) in [4.78, 5) is 23.2. The molecule has 0 bridgehead atoms. The lowest BCUT2D eigenvalue weighted by Gasteiger charge is -2.40. The maximum atomic E-state index is 12.0. The monoisotopic (exact) mass is 352 g/mol. The van der Waals surface area contributed by atoms with E-state index in [0.717, 1.165) is 13.0 Å². The summed E-state index contributed by atoms with van der Waals surface area (Å²) in [6.07, 6.45) is -3.68. The number of rotatable bonds is 4. The maximum absolute atomic E-state index is 12.0. The number of aliphatic hydroxyl groups excluding tert-OH is 2. The van der Waals surface area contributed by atoms with Crippen molar-refractivity contribution in [3.05, 3.63) is 35.9 Å². The number of hydrogen-bond donors (Lipinski definition) is 3. The SMILES string of the molecule is CC(=O)O[C@@H]1[C@H](O)[C@H](C)O[C@@H](O)[C@@H]1OC(=O)/C=C/c1ccc(O)cc1. The Morgan fingerprint density at radius 2 is 1.76 bits per heavy atom. The van der Waals surface area contributed by atoms with Crippen LogP contribution in [0.25, 0.3) is 6.08 Å². The third kappa shape index (κ3) is 5.02. The Morgan fingerprint density at radius 1 is 1.12 bits per heavy atom. The van der Waals surface area contributed by atoms with Crippen molar-refractivity contribution >= 4 is 18.0 Å². The first-order valence-electron chi connectivity index (χ1n) is 7.64. The number of benzene rings is 1. The molecule has 1 heterocycles. The second kappa shape index (κ2) is 8.11. The van der Waals surface area contributed by atoms with Crippen LogP contribution in [-0.2, 0) is 23.8 Å². The molecule has 5 atom stereocenters. The number of carbonyl (C=O) groups excluding carboxylic acids is 2. The van der Waals surface area contributed by atoms with Crippen LogP contribution in [-0.4, -0.2) is 58.0 Å². The molecule has 1 aliphatic heterocycles. The molecule has 3 N–H and O–H groups in total. The first-order chi connectivity index (χ1) is 11.8. The van der Waals surface area contributed by atoms with Gasteiger partial charge in [0, 0.05) is 13.0 Å². The number of phenols is 1. The predicted molar refractivity (Wildman–Crippen MR) is 85.1 cm³/mol. The minimum atomic E-state index is -1.55. The van der Waals surface area contributed by atoms with E-state index in [9.17, 15) is 24.9 Å². The fourth-order valence-electron chi connectivity index (χ4n) is 2.38. The molecule has 2 rings (SSSR count). The van der Waals surface area contributed by atoms with Crippen LogP contribution in [0.3, 0.4) is 0 Å². The van der Waals surface area contributed by atoms with Crippen molar-refractivity contribution in [2.45, 2.75) is 44.6 Å². The lowest BCUT2D eigenvalue weighted by atomic mass is 9.99. The van der Waals surface area contributed by atoms with Crippen LogP contribution in [0.5, 0.6) is 5.75 Å². The molecule has 1 aliphatic rings. The molecule has 1 aromatic rings. The Balaban J connectivity index is 2.07. The highest BCUT2D eigenvalue weighted by Gasteiger charge is 2.47. The molecule has 25 heavy (non-hydrogen) atoms. The first-order valence-corrected chi connectivity index (χ1v) is 7.64. The third-order valence-electron chi connectivity index (χ3n) is 3.64. The zero-order valence-electron chi connectivity index (χ0n) is 13.7. The molecule has 1 fully saturated rings. The van der Waals surface area contributed by atoms with Gasteiger partial charge in [-0.2, -0.15) is 0 Å². The number of ether oxygens (including phenoxy) is 3. The van der Waals surface area contributed by atoms with Crippen LogP contribution >= 0.6 is 0 Å². The Labute approximate surface area is 144 Å². The fourth-order valence-corrected chi connectivity index (χ4v) is 2.38. The van der Waals surface area contributed by atoms with Gasteiger partial charge in [-0.05, 0) is 30.7 Å². The van der Waals surface area contributed by atoms with Gasteiger partial charge >= 0.3 is 11.9 Å². The fraction of sp³-hybridized carbons (Fsp3) is 0.412. The van der Waals surface area contributed by atoms with E-state index >= 15 is 0 Å². The molecule has 0 aromatic heterocycles. The summed E-state index contributed by atoms with van der Waals surface area (Å²) >= 11 is 0. The second-order valence-electron chi connectivity index (χ2n) is 5.62. The van der Waals surface area contributed by atoms with Crippen LogP contribution in [0.1, 0.15) is 19.4 Å². The summed E-state index contributed by atoms with van der Waals surface area (Å²) < 4.78 is 15.2. The minimum absolute atomic E-state index is 0.0922. The number of aliphatic hydroxyl groups is 2. The molecule has 8 nitrogen and oxygen atoms in total. The number of aromatic hydroxyl groups is 1. The highest BCUT2D eigenvalue weighted by Crippen LogP contribution is 2.25. The van der Waals surface area contributed by atoms with Crippen molar-refractivity contribution in [2.24, 2.45) is 0 Å². The Bertz CT molecular complexity index is 639. The molecule has 0 aliphatic carbocycles. The molecule has 0 unspecified atom stereocenters. The van der Waals surface area contributed by atoms with E-state index in [1.54, 1.807) is 12.1 Å². The minimum Gasteiger partial charge on any atom is -0.508 e. The van der Waals surface area contributed by atoms with Gasteiger partial charge in [-0.3, -0.25) is 4.79 Å². The summed E-state index contributed by atoms with van der Waals surface area (Å²) in [6, 6.07) is 6.09. The van der Waals surface area contributed by atoms with Crippen LogP contribution in [0.2, 0.25) is 0 Å². The maximum Gasteiger partial charge on any atom is 0.331 e. The Morgan fingerprint density at radius 3 is 2.36 bits per heavy atom. The van der Waals surface area contributed by atoms with E-state index < -0.39 is 42.6 Å². The second-order valence-corrected chi connectivity index (χ2v) is 5.62. The average Bonchev–Trinajstić information content (AvgIpc) is 2.55. The van der Waals surface area contributed by atoms with E-state index in [4.69, 9.17) is 14.2 Å². The number of esters is 2. The van der Waals surface area contributed by atoms with E-state index in [0.29, 0.717) is 5.56 Å². The van der Waals surface area contributed by atoms with Crippen molar-refractivity contribution in [2.75, 3.05) is 0 Å². The zero-order chi connectivity index (χ0) is 18.6. The van der Waals surface area contributed by atoms with Crippen LogP contribution in [0, 0.1) is 0 Å². The summed E-state index contributed by atoms with van der Waals surface area (Å²) in [5.41, 5.74) is 0.639. The standard InChI is InChI=1S/C17H20O8/c1-9-14(21)15(24-10(2)18)16(17(22)23-9)25-13(20)8-5-11-3-6-12(19)7-4-11/h3-9,14-17,19,21-22H,1-2H3/b8-5+/t9-,14+,15+,16+,17+/m0/s1. The van der Waals surface area contributed by atoms with Crippen molar-refractivity contribution < 1.29 is 39.1 Å².